The molecule has 122 valence electrons. The fraction of sp³-hybridized carbons (Fsp3) is 0.923. The minimum Gasteiger partial charge on any atom is -0.345 e. The molecule has 0 saturated heterocycles. The van der Waals surface area contributed by atoms with Gasteiger partial charge in [0.15, 0.2) is 9.84 Å². The maximum absolute atomic E-state index is 11.9. The third kappa shape index (κ3) is 9.55. The molecule has 0 aliphatic heterocycles. The van der Waals surface area contributed by atoms with Crippen molar-refractivity contribution in [2.75, 3.05) is 31.6 Å². The molecule has 0 atom stereocenters. The molecule has 0 aromatic rings. The molecule has 20 heavy (non-hydrogen) atoms. The van der Waals surface area contributed by atoms with Crippen molar-refractivity contribution in [3.05, 3.63) is 0 Å². The number of nitrogens with two attached hydrogens (primary N) is 1. The summed E-state index contributed by atoms with van der Waals surface area (Å²) in [6.07, 6.45) is 0.0478. The Morgan fingerprint density at radius 2 is 1.80 bits per heavy atom. The molecule has 0 heterocycles. The van der Waals surface area contributed by atoms with Crippen molar-refractivity contribution >= 4 is 28.2 Å². The van der Waals surface area contributed by atoms with Gasteiger partial charge in [-0.1, -0.05) is 27.7 Å². The second kappa shape index (κ2) is 8.85. The van der Waals surface area contributed by atoms with Crippen molar-refractivity contribution in [1.82, 2.24) is 4.90 Å². The molecule has 0 aliphatic carbocycles. The topological polar surface area (TPSA) is 80.5 Å². The Hall–Kier alpha value is -0.330. The number of rotatable bonds is 8. The maximum Gasteiger partial charge on any atom is 0.223 e. The number of hydrogen-bond acceptors (Lipinski definition) is 4. The standard InChI is InChI=1S/C13H28N2O3S.ClH/c1-11(2)8-19(17,18)7-6-12(16)15(5)10-13(3,4)9-14;/h11H,6-10,14H2,1-5H3;1H. The van der Waals surface area contributed by atoms with E-state index >= 15 is 0 Å². The molecular weight excluding hydrogens is 300 g/mol. The first-order valence-electron chi connectivity index (χ1n) is 6.63. The van der Waals surface area contributed by atoms with Crippen LogP contribution in [0.4, 0.5) is 0 Å². The van der Waals surface area contributed by atoms with E-state index in [1.165, 1.54) is 0 Å². The first-order valence-corrected chi connectivity index (χ1v) is 8.46. The van der Waals surface area contributed by atoms with Crippen LogP contribution in [0.3, 0.4) is 0 Å². The second-order valence-corrected chi connectivity index (χ2v) is 8.61. The normalized spacial score (nSPS) is 12.2. The van der Waals surface area contributed by atoms with E-state index in [1.807, 2.05) is 27.7 Å². The Morgan fingerprint density at radius 3 is 2.20 bits per heavy atom. The maximum atomic E-state index is 11.9. The van der Waals surface area contributed by atoms with E-state index in [-0.39, 0.29) is 47.6 Å². The summed E-state index contributed by atoms with van der Waals surface area (Å²) in [5, 5.41) is 0. The molecule has 1 amide bonds. The Balaban J connectivity index is 0. The SMILES string of the molecule is CC(C)CS(=O)(=O)CCC(=O)N(C)CC(C)(C)CN.Cl. The molecule has 0 unspecified atom stereocenters. The Labute approximate surface area is 129 Å². The molecule has 2 N–H and O–H groups in total. The highest BCUT2D eigenvalue weighted by Crippen LogP contribution is 2.14. The Bertz CT molecular complexity index is 394. The van der Waals surface area contributed by atoms with Crippen LogP contribution in [0, 0.1) is 11.3 Å². The molecule has 0 bridgehead atoms. The fourth-order valence-electron chi connectivity index (χ4n) is 1.82. The van der Waals surface area contributed by atoms with Crippen molar-refractivity contribution < 1.29 is 13.2 Å². The monoisotopic (exact) mass is 328 g/mol. The van der Waals surface area contributed by atoms with Crippen LogP contribution in [0.2, 0.25) is 0 Å². The van der Waals surface area contributed by atoms with Gasteiger partial charge in [-0.15, -0.1) is 12.4 Å². The number of amides is 1. The average Bonchev–Trinajstić information content (AvgIpc) is 2.23. The van der Waals surface area contributed by atoms with Crippen molar-refractivity contribution in [2.45, 2.75) is 34.1 Å². The fourth-order valence-corrected chi connectivity index (χ4v) is 3.49. The summed E-state index contributed by atoms with van der Waals surface area (Å²) in [4.78, 5) is 13.5. The summed E-state index contributed by atoms with van der Waals surface area (Å²) in [6.45, 7) is 8.69. The largest absolute Gasteiger partial charge is 0.345 e. The van der Waals surface area contributed by atoms with Crippen LogP contribution in [0.1, 0.15) is 34.1 Å². The molecule has 0 fully saturated rings. The summed E-state index contributed by atoms with van der Waals surface area (Å²) in [6, 6.07) is 0. The Kier molecular flexibility index (Phi) is 9.71. The van der Waals surface area contributed by atoms with Crippen LogP contribution in [0.15, 0.2) is 0 Å². The van der Waals surface area contributed by atoms with Gasteiger partial charge in [-0.3, -0.25) is 4.79 Å². The lowest BCUT2D eigenvalue weighted by molar-refractivity contribution is -0.130. The summed E-state index contributed by atoms with van der Waals surface area (Å²) >= 11 is 0. The van der Waals surface area contributed by atoms with Gasteiger partial charge in [-0.2, -0.15) is 0 Å². The summed E-state index contributed by atoms with van der Waals surface area (Å²) in [7, 11) is -1.44. The third-order valence-corrected chi connectivity index (χ3v) is 4.86. The minimum atomic E-state index is -3.13. The zero-order chi connectivity index (χ0) is 15.3. The van der Waals surface area contributed by atoms with E-state index < -0.39 is 9.84 Å². The van der Waals surface area contributed by atoms with Crippen molar-refractivity contribution in [3.8, 4) is 0 Å². The zero-order valence-corrected chi connectivity index (χ0v) is 14.8. The lowest BCUT2D eigenvalue weighted by Crippen LogP contribution is -2.40. The number of nitrogens with zero attached hydrogens (tertiary/aromatic N) is 1. The molecule has 0 spiro atoms. The van der Waals surface area contributed by atoms with E-state index in [9.17, 15) is 13.2 Å². The van der Waals surface area contributed by atoms with Gasteiger partial charge in [0.05, 0.1) is 11.5 Å². The molecule has 7 heteroatoms. The highest BCUT2D eigenvalue weighted by molar-refractivity contribution is 7.91. The summed E-state index contributed by atoms with van der Waals surface area (Å²) in [5.41, 5.74) is 5.47. The molecule has 5 nitrogen and oxygen atoms in total. The van der Waals surface area contributed by atoms with Gasteiger partial charge in [0, 0.05) is 20.0 Å². The zero-order valence-electron chi connectivity index (χ0n) is 13.2. The Morgan fingerprint density at radius 1 is 1.30 bits per heavy atom. The van der Waals surface area contributed by atoms with Gasteiger partial charge in [0.1, 0.15) is 0 Å². The molecule has 0 aromatic heterocycles. The molecule has 0 aromatic carbocycles. The van der Waals surface area contributed by atoms with Gasteiger partial charge in [0.2, 0.25) is 5.91 Å². The molecular formula is C13H29ClN2O3S. The first-order chi connectivity index (χ1) is 8.49. The smallest absolute Gasteiger partial charge is 0.223 e. The first kappa shape index (κ1) is 22.0. The lowest BCUT2D eigenvalue weighted by atomic mass is 9.93. The van der Waals surface area contributed by atoms with Crippen molar-refractivity contribution in [3.63, 3.8) is 0 Å². The molecule has 0 aliphatic rings. The van der Waals surface area contributed by atoms with Gasteiger partial charge < -0.3 is 10.6 Å². The van der Waals surface area contributed by atoms with E-state index in [1.54, 1.807) is 11.9 Å². The van der Waals surface area contributed by atoms with Gasteiger partial charge in [-0.05, 0) is 17.9 Å². The van der Waals surface area contributed by atoms with Crippen LogP contribution in [-0.2, 0) is 14.6 Å². The van der Waals surface area contributed by atoms with Gasteiger partial charge in [0.25, 0.3) is 0 Å². The predicted molar refractivity (Wildman–Crippen MR) is 85.8 cm³/mol. The van der Waals surface area contributed by atoms with Crippen LogP contribution in [0.25, 0.3) is 0 Å². The van der Waals surface area contributed by atoms with Crippen LogP contribution in [0.5, 0.6) is 0 Å². The van der Waals surface area contributed by atoms with Gasteiger partial charge in [-0.25, -0.2) is 8.42 Å². The summed E-state index contributed by atoms with van der Waals surface area (Å²) < 4.78 is 23.4. The minimum absolute atomic E-state index is 0. The van der Waals surface area contributed by atoms with Crippen molar-refractivity contribution in [1.29, 1.82) is 0 Å². The van der Waals surface area contributed by atoms with E-state index in [2.05, 4.69) is 0 Å². The van der Waals surface area contributed by atoms with Crippen LogP contribution < -0.4 is 5.73 Å². The quantitative estimate of drug-likeness (QED) is 0.728. The van der Waals surface area contributed by atoms with Crippen LogP contribution in [-0.4, -0.2) is 50.9 Å². The van der Waals surface area contributed by atoms with E-state index in [0.29, 0.717) is 13.1 Å². The van der Waals surface area contributed by atoms with E-state index in [0.717, 1.165) is 0 Å². The second-order valence-electron chi connectivity index (χ2n) is 6.38. The average molecular weight is 329 g/mol. The van der Waals surface area contributed by atoms with Crippen LogP contribution >= 0.6 is 12.4 Å². The van der Waals surface area contributed by atoms with Gasteiger partial charge >= 0.3 is 0 Å². The molecule has 0 saturated carbocycles. The number of sulfone groups is 1. The highest BCUT2D eigenvalue weighted by Gasteiger charge is 2.22. The molecule has 0 radical (unpaired) electrons. The highest BCUT2D eigenvalue weighted by atomic mass is 35.5. The molecule has 0 rings (SSSR count). The van der Waals surface area contributed by atoms with E-state index in [4.69, 9.17) is 5.73 Å². The predicted octanol–water partition coefficient (Wildman–Crippen LogP) is 1.31. The van der Waals surface area contributed by atoms with Crippen molar-refractivity contribution in [2.24, 2.45) is 17.1 Å². The third-order valence-electron chi connectivity index (χ3n) is 2.86. The number of carbonyl (C=O) groups is 1. The lowest BCUT2D eigenvalue weighted by Gasteiger charge is -2.29. The number of hydrogen-bond donors (Lipinski definition) is 1. The number of carbonyl (C=O) groups excluding carboxylic acids is 1. The number of halogens is 1. The summed E-state index contributed by atoms with van der Waals surface area (Å²) in [5.74, 6) is 0.0123.